The SMILES string of the molecule is Cc1nsc(NC(=O)CCn2cncn2)c1C(=O)O. The van der Waals surface area contributed by atoms with Crippen LogP contribution in [0.1, 0.15) is 22.5 Å². The van der Waals surface area contributed by atoms with Gasteiger partial charge >= 0.3 is 5.97 Å². The first-order valence-electron chi connectivity index (χ1n) is 5.39. The number of carbonyl (C=O) groups is 2. The highest BCUT2D eigenvalue weighted by Crippen LogP contribution is 2.24. The largest absolute Gasteiger partial charge is 0.478 e. The molecule has 1 amide bonds. The molecule has 0 unspecified atom stereocenters. The number of aromatic nitrogens is 4. The van der Waals surface area contributed by atoms with Crippen molar-refractivity contribution >= 4 is 28.4 Å². The fraction of sp³-hybridized carbons (Fsp3) is 0.300. The molecular formula is C10H11N5O3S. The first-order chi connectivity index (χ1) is 9.08. The molecule has 9 heteroatoms. The summed E-state index contributed by atoms with van der Waals surface area (Å²) in [7, 11) is 0. The number of aryl methyl sites for hydroxylation is 2. The van der Waals surface area contributed by atoms with Gasteiger partial charge in [-0.25, -0.2) is 9.78 Å². The van der Waals surface area contributed by atoms with Crippen LogP contribution in [-0.2, 0) is 11.3 Å². The number of hydrogen-bond donors (Lipinski definition) is 2. The van der Waals surface area contributed by atoms with Crippen LogP contribution in [0.2, 0.25) is 0 Å². The minimum Gasteiger partial charge on any atom is -0.478 e. The van der Waals surface area contributed by atoms with E-state index in [0.717, 1.165) is 11.5 Å². The third-order valence-corrected chi connectivity index (χ3v) is 3.22. The molecular weight excluding hydrogens is 270 g/mol. The minimum absolute atomic E-state index is 0.0408. The van der Waals surface area contributed by atoms with Gasteiger partial charge in [-0.2, -0.15) is 9.47 Å². The Bertz CT molecular complexity index is 592. The molecule has 2 heterocycles. The monoisotopic (exact) mass is 281 g/mol. The lowest BCUT2D eigenvalue weighted by molar-refractivity contribution is -0.116. The number of anilines is 1. The van der Waals surface area contributed by atoms with E-state index < -0.39 is 5.97 Å². The highest BCUT2D eigenvalue weighted by atomic mass is 32.1. The summed E-state index contributed by atoms with van der Waals surface area (Å²) in [5, 5.41) is 15.7. The molecule has 2 aromatic rings. The molecule has 0 atom stereocenters. The summed E-state index contributed by atoms with van der Waals surface area (Å²) >= 11 is 0.959. The standard InChI is InChI=1S/C10H11N5O3S/c1-6-8(10(17)18)9(19-14-6)13-7(16)2-3-15-5-11-4-12-15/h4-5H,2-3H2,1H3,(H,13,16)(H,17,18). The van der Waals surface area contributed by atoms with Crippen LogP contribution in [0.4, 0.5) is 5.00 Å². The predicted octanol–water partition coefficient (Wildman–Crippen LogP) is 0.770. The Morgan fingerprint density at radius 2 is 2.32 bits per heavy atom. The number of amides is 1. The van der Waals surface area contributed by atoms with Crippen LogP contribution < -0.4 is 5.32 Å². The number of carboxylic acids is 1. The van der Waals surface area contributed by atoms with Crippen molar-refractivity contribution in [3.63, 3.8) is 0 Å². The molecule has 0 saturated heterocycles. The summed E-state index contributed by atoms with van der Waals surface area (Å²) < 4.78 is 5.44. The van der Waals surface area contributed by atoms with Crippen LogP contribution >= 0.6 is 11.5 Å². The van der Waals surface area contributed by atoms with Gasteiger partial charge < -0.3 is 10.4 Å². The average Bonchev–Trinajstić information content (AvgIpc) is 2.96. The van der Waals surface area contributed by atoms with E-state index in [1.54, 1.807) is 6.92 Å². The lowest BCUT2D eigenvalue weighted by atomic mass is 10.2. The van der Waals surface area contributed by atoms with Crippen molar-refractivity contribution in [3.05, 3.63) is 23.9 Å². The first-order valence-corrected chi connectivity index (χ1v) is 6.17. The molecule has 0 spiro atoms. The van der Waals surface area contributed by atoms with Gasteiger partial charge in [0.05, 0.1) is 12.2 Å². The maximum atomic E-state index is 11.7. The number of carbonyl (C=O) groups excluding carboxylic acids is 1. The van der Waals surface area contributed by atoms with Crippen LogP contribution in [0.15, 0.2) is 12.7 Å². The number of aromatic carboxylic acids is 1. The van der Waals surface area contributed by atoms with E-state index in [4.69, 9.17) is 5.11 Å². The molecule has 0 radical (unpaired) electrons. The van der Waals surface area contributed by atoms with Gasteiger partial charge in [-0.15, -0.1) is 0 Å². The Hall–Kier alpha value is -2.29. The molecule has 2 N–H and O–H groups in total. The molecule has 2 rings (SSSR count). The number of nitrogens with zero attached hydrogens (tertiary/aromatic N) is 4. The third-order valence-electron chi connectivity index (χ3n) is 2.36. The Labute approximate surface area is 112 Å². The maximum Gasteiger partial charge on any atom is 0.340 e. The highest BCUT2D eigenvalue weighted by molar-refractivity contribution is 7.11. The van der Waals surface area contributed by atoms with Crippen LogP contribution in [0.3, 0.4) is 0 Å². The van der Waals surface area contributed by atoms with Gasteiger partial charge in [0.2, 0.25) is 5.91 Å². The van der Waals surface area contributed by atoms with Gasteiger partial charge in [-0.05, 0) is 18.5 Å². The van der Waals surface area contributed by atoms with E-state index >= 15 is 0 Å². The van der Waals surface area contributed by atoms with Crippen molar-refractivity contribution in [2.75, 3.05) is 5.32 Å². The molecule has 0 aliphatic heterocycles. The topological polar surface area (TPSA) is 110 Å². The zero-order valence-electron chi connectivity index (χ0n) is 10.0. The Morgan fingerprint density at radius 1 is 1.53 bits per heavy atom. The van der Waals surface area contributed by atoms with Gasteiger partial charge in [-0.1, -0.05) is 0 Å². The van der Waals surface area contributed by atoms with Gasteiger partial charge in [0.1, 0.15) is 23.2 Å². The fourth-order valence-corrected chi connectivity index (χ4v) is 2.27. The first kappa shape index (κ1) is 13.1. The van der Waals surface area contributed by atoms with E-state index in [-0.39, 0.29) is 22.9 Å². The molecule has 0 aromatic carbocycles. The molecule has 0 aliphatic carbocycles. The summed E-state index contributed by atoms with van der Waals surface area (Å²) in [4.78, 5) is 26.5. The summed E-state index contributed by atoms with van der Waals surface area (Å²) in [5.41, 5.74) is 0.434. The second kappa shape index (κ2) is 5.57. The van der Waals surface area contributed by atoms with E-state index in [9.17, 15) is 9.59 Å². The lowest BCUT2D eigenvalue weighted by Gasteiger charge is -2.03. The van der Waals surface area contributed by atoms with Crippen molar-refractivity contribution in [1.82, 2.24) is 19.1 Å². The third kappa shape index (κ3) is 3.13. The molecule has 8 nitrogen and oxygen atoms in total. The highest BCUT2D eigenvalue weighted by Gasteiger charge is 2.19. The van der Waals surface area contributed by atoms with E-state index in [1.165, 1.54) is 17.3 Å². The molecule has 100 valence electrons. The van der Waals surface area contributed by atoms with Gasteiger partial charge in [0, 0.05) is 6.42 Å². The van der Waals surface area contributed by atoms with Crippen LogP contribution in [0, 0.1) is 6.92 Å². The van der Waals surface area contributed by atoms with Gasteiger partial charge in [0.25, 0.3) is 0 Å². The van der Waals surface area contributed by atoms with Crippen molar-refractivity contribution in [1.29, 1.82) is 0 Å². The van der Waals surface area contributed by atoms with Crippen molar-refractivity contribution in [3.8, 4) is 0 Å². The van der Waals surface area contributed by atoms with Gasteiger partial charge in [-0.3, -0.25) is 9.48 Å². The van der Waals surface area contributed by atoms with E-state index in [2.05, 4.69) is 19.8 Å². The second-order valence-electron chi connectivity index (χ2n) is 3.73. The Balaban J connectivity index is 1.97. The molecule has 0 aliphatic rings. The summed E-state index contributed by atoms with van der Waals surface area (Å²) in [6, 6.07) is 0. The quantitative estimate of drug-likeness (QED) is 0.837. The van der Waals surface area contributed by atoms with E-state index in [0.29, 0.717) is 12.2 Å². The average molecular weight is 281 g/mol. The predicted molar refractivity (Wildman–Crippen MR) is 67.1 cm³/mol. The summed E-state index contributed by atoms with van der Waals surface area (Å²) in [6.45, 7) is 1.97. The number of rotatable bonds is 5. The maximum absolute atomic E-state index is 11.7. The van der Waals surface area contributed by atoms with Crippen LogP contribution in [0.5, 0.6) is 0 Å². The molecule has 2 aromatic heterocycles. The lowest BCUT2D eigenvalue weighted by Crippen LogP contribution is -2.15. The summed E-state index contributed by atoms with van der Waals surface area (Å²) in [6.07, 6.45) is 3.07. The summed E-state index contributed by atoms with van der Waals surface area (Å²) in [5.74, 6) is -1.39. The molecule has 0 bridgehead atoms. The zero-order chi connectivity index (χ0) is 13.8. The number of hydrogen-bond acceptors (Lipinski definition) is 6. The zero-order valence-corrected chi connectivity index (χ0v) is 10.8. The second-order valence-corrected chi connectivity index (χ2v) is 4.51. The Kier molecular flexibility index (Phi) is 3.85. The molecule has 0 saturated carbocycles. The smallest absolute Gasteiger partial charge is 0.340 e. The van der Waals surface area contributed by atoms with Crippen LogP contribution in [-0.4, -0.2) is 36.1 Å². The molecule has 19 heavy (non-hydrogen) atoms. The molecule has 0 fully saturated rings. The Morgan fingerprint density at radius 3 is 2.95 bits per heavy atom. The minimum atomic E-state index is -1.10. The van der Waals surface area contributed by atoms with Crippen molar-refractivity contribution in [2.24, 2.45) is 0 Å². The van der Waals surface area contributed by atoms with Crippen molar-refractivity contribution in [2.45, 2.75) is 19.9 Å². The number of nitrogens with one attached hydrogen (secondary N) is 1. The van der Waals surface area contributed by atoms with Gasteiger partial charge in [0.15, 0.2) is 0 Å². The normalized spacial score (nSPS) is 10.4. The van der Waals surface area contributed by atoms with Crippen LogP contribution in [0.25, 0.3) is 0 Å². The fourth-order valence-electron chi connectivity index (χ4n) is 1.46. The van der Waals surface area contributed by atoms with E-state index in [1.807, 2.05) is 0 Å². The van der Waals surface area contributed by atoms with Crippen molar-refractivity contribution < 1.29 is 14.7 Å². The number of carboxylic acid groups (broad SMARTS) is 1.